The standard InChI is InChI=1S/C11H13NOS/c1-8-6-10(13-3)11(7-9(8)2)14-5-4-12/h6-7H,5H2,1-3H3. The van der Waals surface area contributed by atoms with E-state index in [1.54, 1.807) is 7.11 Å². The lowest BCUT2D eigenvalue weighted by Crippen LogP contribution is -1.90. The van der Waals surface area contributed by atoms with Crippen molar-refractivity contribution < 1.29 is 4.74 Å². The molecule has 0 saturated carbocycles. The molecule has 0 radical (unpaired) electrons. The van der Waals surface area contributed by atoms with Crippen molar-refractivity contribution >= 4 is 11.8 Å². The Kier molecular flexibility index (Phi) is 3.84. The maximum Gasteiger partial charge on any atom is 0.132 e. The minimum Gasteiger partial charge on any atom is -0.496 e. The van der Waals surface area contributed by atoms with Crippen LogP contribution >= 0.6 is 11.8 Å². The van der Waals surface area contributed by atoms with Crippen LogP contribution < -0.4 is 4.74 Å². The van der Waals surface area contributed by atoms with E-state index < -0.39 is 0 Å². The maximum absolute atomic E-state index is 8.50. The van der Waals surface area contributed by atoms with Gasteiger partial charge in [0.25, 0.3) is 0 Å². The van der Waals surface area contributed by atoms with Gasteiger partial charge in [-0.25, -0.2) is 0 Å². The monoisotopic (exact) mass is 207 g/mol. The van der Waals surface area contributed by atoms with Gasteiger partial charge < -0.3 is 4.74 Å². The Balaban J connectivity index is 3.02. The number of hydrogen-bond donors (Lipinski definition) is 0. The van der Waals surface area contributed by atoms with Crippen LogP contribution in [-0.4, -0.2) is 12.9 Å². The minimum atomic E-state index is 0.457. The Morgan fingerprint density at radius 2 is 2.00 bits per heavy atom. The summed E-state index contributed by atoms with van der Waals surface area (Å²) in [5.41, 5.74) is 2.44. The van der Waals surface area contributed by atoms with Gasteiger partial charge in [-0.15, -0.1) is 11.8 Å². The van der Waals surface area contributed by atoms with Gasteiger partial charge in [-0.1, -0.05) is 0 Å². The molecular formula is C11H13NOS. The molecule has 0 unspecified atom stereocenters. The predicted octanol–water partition coefficient (Wildman–Crippen LogP) is 2.93. The van der Waals surface area contributed by atoms with Crippen LogP contribution in [0.5, 0.6) is 5.75 Å². The Bertz CT molecular complexity index is 368. The van der Waals surface area contributed by atoms with Crippen molar-refractivity contribution in [3.8, 4) is 11.8 Å². The average molecular weight is 207 g/mol. The lowest BCUT2D eigenvalue weighted by atomic mass is 10.1. The van der Waals surface area contributed by atoms with E-state index in [-0.39, 0.29) is 0 Å². The lowest BCUT2D eigenvalue weighted by Gasteiger charge is -2.09. The highest BCUT2D eigenvalue weighted by Crippen LogP contribution is 2.31. The first kappa shape index (κ1) is 10.9. The molecule has 0 N–H and O–H groups in total. The molecule has 3 heteroatoms. The topological polar surface area (TPSA) is 33.0 Å². The number of ether oxygens (including phenoxy) is 1. The molecule has 0 aliphatic carbocycles. The SMILES string of the molecule is COc1cc(C)c(C)cc1SCC#N. The first-order chi connectivity index (χ1) is 6.69. The molecule has 1 rings (SSSR count). The van der Waals surface area contributed by atoms with Crippen molar-refractivity contribution in [2.75, 3.05) is 12.9 Å². The summed E-state index contributed by atoms with van der Waals surface area (Å²) in [6.45, 7) is 4.11. The van der Waals surface area contributed by atoms with Gasteiger partial charge in [0.2, 0.25) is 0 Å². The van der Waals surface area contributed by atoms with Gasteiger partial charge in [0.1, 0.15) is 5.75 Å². The second-order valence-corrected chi connectivity index (χ2v) is 4.05. The number of rotatable bonds is 3. The van der Waals surface area contributed by atoms with E-state index in [1.165, 1.54) is 22.9 Å². The van der Waals surface area contributed by atoms with E-state index in [0.29, 0.717) is 5.75 Å². The molecule has 1 aromatic rings. The summed E-state index contributed by atoms with van der Waals surface area (Å²) in [4.78, 5) is 1.04. The molecule has 0 saturated heterocycles. The largest absolute Gasteiger partial charge is 0.496 e. The maximum atomic E-state index is 8.50. The first-order valence-electron chi connectivity index (χ1n) is 4.34. The number of nitriles is 1. The molecule has 0 aromatic heterocycles. The van der Waals surface area contributed by atoms with Crippen LogP contribution in [0, 0.1) is 25.2 Å². The fourth-order valence-electron chi connectivity index (χ4n) is 1.15. The highest BCUT2D eigenvalue weighted by atomic mass is 32.2. The smallest absolute Gasteiger partial charge is 0.132 e. The van der Waals surface area contributed by atoms with E-state index in [0.717, 1.165) is 10.6 Å². The fraction of sp³-hybridized carbons (Fsp3) is 0.364. The predicted molar refractivity (Wildman–Crippen MR) is 58.8 cm³/mol. The third kappa shape index (κ3) is 2.43. The van der Waals surface area contributed by atoms with Gasteiger partial charge in [0.05, 0.1) is 23.8 Å². The number of nitrogens with zero attached hydrogens (tertiary/aromatic N) is 1. The zero-order chi connectivity index (χ0) is 10.6. The van der Waals surface area contributed by atoms with Gasteiger partial charge in [0, 0.05) is 0 Å². The third-order valence-corrected chi connectivity index (χ3v) is 2.98. The highest BCUT2D eigenvalue weighted by Gasteiger charge is 2.05. The summed E-state index contributed by atoms with van der Waals surface area (Å²) >= 11 is 1.51. The van der Waals surface area contributed by atoms with E-state index >= 15 is 0 Å². The molecule has 2 nitrogen and oxygen atoms in total. The number of hydrogen-bond acceptors (Lipinski definition) is 3. The van der Waals surface area contributed by atoms with Crippen molar-refractivity contribution in [2.45, 2.75) is 18.7 Å². The molecule has 0 heterocycles. The van der Waals surface area contributed by atoms with Gasteiger partial charge >= 0.3 is 0 Å². The second-order valence-electron chi connectivity index (χ2n) is 3.03. The Morgan fingerprint density at radius 1 is 1.36 bits per heavy atom. The molecule has 0 aliphatic heterocycles. The molecule has 0 amide bonds. The number of benzene rings is 1. The number of aryl methyl sites for hydroxylation is 2. The summed E-state index contributed by atoms with van der Waals surface area (Å²) < 4.78 is 5.25. The molecule has 0 atom stereocenters. The number of thioether (sulfide) groups is 1. The molecule has 1 aromatic carbocycles. The van der Waals surface area contributed by atoms with Gasteiger partial charge in [-0.2, -0.15) is 5.26 Å². The van der Waals surface area contributed by atoms with E-state index in [9.17, 15) is 0 Å². The van der Waals surface area contributed by atoms with E-state index in [4.69, 9.17) is 10.00 Å². The average Bonchev–Trinajstić information content (AvgIpc) is 2.19. The van der Waals surface area contributed by atoms with Crippen LogP contribution in [0.25, 0.3) is 0 Å². The molecule has 14 heavy (non-hydrogen) atoms. The van der Waals surface area contributed by atoms with Crippen LogP contribution in [0.4, 0.5) is 0 Å². The molecular weight excluding hydrogens is 194 g/mol. The first-order valence-corrected chi connectivity index (χ1v) is 5.32. The molecule has 0 bridgehead atoms. The van der Waals surface area contributed by atoms with E-state index in [1.807, 2.05) is 6.07 Å². The highest BCUT2D eigenvalue weighted by molar-refractivity contribution is 7.99. The Morgan fingerprint density at radius 3 is 2.57 bits per heavy atom. The van der Waals surface area contributed by atoms with Gasteiger partial charge in [0.15, 0.2) is 0 Å². The van der Waals surface area contributed by atoms with Crippen LogP contribution in [0.1, 0.15) is 11.1 Å². The quantitative estimate of drug-likeness (QED) is 0.714. The van der Waals surface area contributed by atoms with E-state index in [2.05, 4.69) is 26.0 Å². The van der Waals surface area contributed by atoms with Crippen molar-refractivity contribution in [2.24, 2.45) is 0 Å². The summed E-state index contributed by atoms with van der Waals surface area (Å²) in [7, 11) is 1.65. The molecule has 0 aliphatic rings. The number of methoxy groups -OCH3 is 1. The molecule has 0 spiro atoms. The molecule has 0 fully saturated rings. The normalized spacial score (nSPS) is 9.57. The second kappa shape index (κ2) is 4.92. The minimum absolute atomic E-state index is 0.457. The summed E-state index contributed by atoms with van der Waals surface area (Å²) in [5, 5.41) is 8.50. The van der Waals surface area contributed by atoms with Crippen molar-refractivity contribution in [1.29, 1.82) is 5.26 Å². The lowest BCUT2D eigenvalue weighted by molar-refractivity contribution is 0.404. The summed E-state index contributed by atoms with van der Waals surface area (Å²) in [5.74, 6) is 1.31. The fourth-order valence-corrected chi connectivity index (χ4v) is 1.91. The van der Waals surface area contributed by atoms with Crippen molar-refractivity contribution in [1.82, 2.24) is 0 Å². The van der Waals surface area contributed by atoms with Crippen LogP contribution in [-0.2, 0) is 0 Å². The van der Waals surface area contributed by atoms with Crippen LogP contribution in [0.15, 0.2) is 17.0 Å². The summed E-state index contributed by atoms with van der Waals surface area (Å²) in [6.07, 6.45) is 0. The molecule has 74 valence electrons. The van der Waals surface area contributed by atoms with Crippen molar-refractivity contribution in [3.05, 3.63) is 23.3 Å². The van der Waals surface area contributed by atoms with Gasteiger partial charge in [-0.3, -0.25) is 0 Å². The summed E-state index contributed by atoms with van der Waals surface area (Å²) in [6, 6.07) is 6.18. The zero-order valence-corrected chi connectivity index (χ0v) is 9.44. The van der Waals surface area contributed by atoms with Crippen molar-refractivity contribution in [3.63, 3.8) is 0 Å². The van der Waals surface area contributed by atoms with Gasteiger partial charge in [-0.05, 0) is 37.1 Å². The third-order valence-electron chi connectivity index (χ3n) is 2.07. The Hall–Kier alpha value is -1.14. The van der Waals surface area contributed by atoms with Crippen LogP contribution in [0.3, 0.4) is 0 Å². The van der Waals surface area contributed by atoms with Crippen LogP contribution in [0.2, 0.25) is 0 Å². The Labute approximate surface area is 88.9 Å². The zero-order valence-electron chi connectivity index (χ0n) is 8.63.